The molecule has 1 aliphatic rings. The summed E-state index contributed by atoms with van der Waals surface area (Å²) in [4.78, 5) is 26.2. The van der Waals surface area contributed by atoms with Gasteiger partial charge in [0, 0.05) is 23.1 Å². The molecule has 1 saturated heterocycles. The summed E-state index contributed by atoms with van der Waals surface area (Å²) in [7, 11) is -4.02. The van der Waals surface area contributed by atoms with Crippen LogP contribution in [0.25, 0.3) is 0 Å². The van der Waals surface area contributed by atoms with Crippen molar-refractivity contribution >= 4 is 60.4 Å². The van der Waals surface area contributed by atoms with Gasteiger partial charge in [0.15, 0.2) is 5.17 Å². The highest BCUT2D eigenvalue weighted by molar-refractivity contribution is 9.10. The Hall–Kier alpha value is -2.24. The lowest BCUT2D eigenvalue weighted by Gasteiger charge is -2.13. The lowest BCUT2D eigenvalue weighted by atomic mass is 10.2. The SMILES string of the molecule is CCN1C(=O)[C@H](CC(=O)Nc2ccc(F)cc2)SC1=NS(=O)(=O)c1ccc(Br)cc1. The van der Waals surface area contributed by atoms with Crippen LogP contribution in [0.3, 0.4) is 0 Å². The molecule has 0 radical (unpaired) electrons. The van der Waals surface area contributed by atoms with E-state index in [9.17, 15) is 22.4 Å². The van der Waals surface area contributed by atoms with Gasteiger partial charge in [0.2, 0.25) is 11.8 Å². The Kier molecular flexibility index (Phi) is 6.94. The zero-order valence-electron chi connectivity index (χ0n) is 15.7. The molecule has 11 heteroatoms. The van der Waals surface area contributed by atoms with Gasteiger partial charge in [-0.05, 0) is 55.5 Å². The molecule has 30 heavy (non-hydrogen) atoms. The minimum absolute atomic E-state index is 0.000181. The monoisotopic (exact) mass is 513 g/mol. The number of thioether (sulfide) groups is 1. The van der Waals surface area contributed by atoms with Crippen molar-refractivity contribution < 1.29 is 22.4 Å². The van der Waals surface area contributed by atoms with E-state index in [0.717, 1.165) is 16.2 Å². The summed E-state index contributed by atoms with van der Waals surface area (Å²) in [6, 6.07) is 11.2. The molecule has 1 aliphatic heterocycles. The Morgan fingerprint density at radius 2 is 1.83 bits per heavy atom. The summed E-state index contributed by atoms with van der Waals surface area (Å²) in [5, 5.41) is 1.82. The van der Waals surface area contributed by atoms with Gasteiger partial charge in [0.05, 0.1) is 4.90 Å². The molecule has 158 valence electrons. The number of rotatable bonds is 6. The van der Waals surface area contributed by atoms with E-state index in [1.54, 1.807) is 19.1 Å². The molecule has 1 heterocycles. The van der Waals surface area contributed by atoms with E-state index in [4.69, 9.17) is 0 Å². The summed E-state index contributed by atoms with van der Waals surface area (Å²) in [6.07, 6.45) is -0.172. The Morgan fingerprint density at radius 3 is 2.43 bits per heavy atom. The zero-order chi connectivity index (χ0) is 21.9. The van der Waals surface area contributed by atoms with Gasteiger partial charge < -0.3 is 5.32 Å². The summed E-state index contributed by atoms with van der Waals surface area (Å²) in [6.45, 7) is 1.91. The van der Waals surface area contributed by atoms with Crippen LogP contribution in [0.15, 0.2) is 62.3 Å². The molecule has 3 rings (SSSR count). The molecular formula is C19H17BrFN3O4S2. The van der Waals surface area contributed by atoms with Crippen molar-refractivity contribution in [3.05, 3.63) is 58.8 Å². The minimum Gasteiger partial charge on any atom is -0.326 e. The summed E-state index contributed by atoms with van der Waals surface area (Å²) in [5.41, 5.74) is 0.399. The number of amidine groups is 1. The minimum atomic E-state index is -4.02. The topological polar surface area (TPSA) is 95.9 Å². The van der Waals surface area contributed by atoms with Crippen LogP contribution < -0.4 is 5.32 Å². The van der Waals surface area contributed by atoms with Crippen molar-refractivity contribution in [1.29, 1.82) is 0 Å². The molecule has 2 aromatic rings. The van der Waals surface area contributed by atoms with Gasteiger partial charge >= 0.3 is 0 Å². The quantitative estimate of drug-likeness (QED) is 0.636. The molecule has 1 fully saturated rings. The fourth-order valence-corrected chi connectivity index (χ4v) is 5.36. The van der Waals surface area contributed by atoms with Gasteiger partial charge in [-0.25, -0.2) is 4.39 Å². The second kappa shape index (κ2) is 9.27. The highest BCUT2D eigenvalue weighted by Gasteiger charge is 2.39. The number of sulfonamides is 1. The fourth-order valence-electron chi connectivity index (χ4n) is 2.68. The third-order valence-corrected chi connectivity index (χ3v) is 7.25. The maximum Gasteiger partial charge on any atom is 0.284 e. The van der Waals surface area contributed by atoms with E-state index in [1.165, 1.54) is 41.3 Å². The molecule has 0 aliphatic carbocycles. The molecule has 7 nitrogen and oxygen atoms in total. The molecule has 0 aromatic heterocycles. The van der Waals surface area contributed by atoms with Gasteiger partial charge in [0.25, 0.3) is 10.0 Å². The Labute approximate surface area is 185 Å². The number of carbonyl (C=O) groups is 2. The van der Waals surface area contributed by atoms with E-state index in [-0.39, 0.29) is 28.9 Å². The lowest BCUT2D eigenvalue weighted by Crippen LogP contribution is -2.33. The number of halogens is 2. The van der Waals surface area contributed by atoms with E-state index in [1.807, 2.05) is 0 Å². The van der Waals surface area contributed by atoms with Crippen LogP contribution in [0.4, 0.5) is 10.1 Å². The first-order valence-corrected chi connectivity index (χ1v) is 11.9. The lowest BCUT2D eigenvalue weighted by molar-refractivity contribution is -0.128. The van der Waals surface area contributed by atoms with Crippen LogP contribution in [-0.2, 0) is 19.6 Å². The molecule has 2 aromatic carbocycles. The van der Waals surface area contributed by atoms with Gasteiger partial charge in [-0.15, -0.1) is 4.40 Å². The van der Waals surface area contributed by atoms with Crippen molar-refractivity contribution in [1.82, 2.24) is 4.90 Å². The third-order valence-electron chi connectivity index (χ3n) is 4.14. The van der Waals surface area contributed by atoms with Crippen molar-refractivity contribution in [3.8, 4) is 0 Å². The number of hydrogen-bond acceptors (Lipinski definition) is 5. The van der Waals surface area contributed by atoms with Crippen molar-refractivity contribution in [2.75, 3.05) is 11.9 Å². The second-order valence-corrected chi connectivity index (χ2v) is 9.94. The summed E-state index contributed by atoms with van der Waals surface area (Å²) < 4.78 is 42.7. The number of nitrogens with zero attached hydrogens (tertiary/aromatic N) is 2. The average molecular weight is 514 g/mol. The Bertz CT molecular complexity index is 1090. The smallest absolute Gasteiger partial charge is 0.284 e. The highest BCUT2D eigenvalue weighted by atomic mass is 79.9. The van der Waals surface area contributed by atoms with Gasteiger partial charge in [-0.3, -0.25) is 14.5 Å². The fraction of sp³-hybridized carbons (Fsp3) is 0.211. The van der Waals surface area contributed by atoms with Crippen LogP contribution >= 0.6 is 27.7 Å². The van der Waals surface area contributed by atoms with E-state index < -0.39 is 27.0 Å². The number of anilines is 1. The molecular weight excluding hydrogens is 497 g/mol. The maximum atomic E-state index is 13.0. The van der Waals surface area contributed by atoms with E-state index in [0.29, 0.717) is 5.69 Å². The van der Waals surface area contributed by atoms with Gasteiger partial charge in [-0.2, -0.15) is 8.42 Å². The molecule has 1 atom stereocenters. The highest BCUT2D eigenvalue weighted by Crippen LogP contribution is 2.31. The molecule has 0 unspecified atom stereocenters. The van der Waals surface area contributed by atoms with Crippen LogP contribution in [-0.4, -0.2) is 42.1 Å². The molecule has 0 saturated carbocycles. The number of amides is 2. The van der Waals surface area contributed by atoms with Crippen molar-refractivity contribution in [3.63, 3.8) is 0 Å². The first kappa shape index (κ1) is 22.4. The maximum absolute atomic E-state index is 13.0. The van der Waals surface area contributed by atoms with Gasteiger partial charge in [0.1, 0.15) is 11.1 Å². The molecule has 2 amide bonds. The Morgan fingerprint density at radius 1 is 1.20 bits per heavy atom. The van der Waals surface area contributed by atoms with E-state index in [2.05, 4.69) is 25.6 Å². The van der Waals surface area contributed by atoms with Crippen LogP contribution in [0.5, 0.6) is 0 Å². The Balaban J connectivity index is 1.75. The second-order valence-electron chi connectivity index (χ2n) is 6.25. The summed E-state index contributed by atoms with van der Waals surface area (Å²) >= 11 is 4.18. The van der Waals surface area contributed by atoms with Crippen LogP contribution in [0.1, 0.15) is 13.3 Å². The third kappa shape index (κ3) is 5.27. The van der Waals surface area contributed by atoms with Crippen molar-refractivity contribution in [2.24, 2.45) is 4.40 Å². The first-order chi connectivity index (χ1) is 14.2. The number of benzene rings is 2. The number of carbonyl (C=O) groups excluding carboxylic acids is 2. The van der Waals surface area contributed by atoms with Crippen LogP contribution in [0.2, 0.25) is 0 Å². The number of hydrogen-bond donors (Lipinski definition) is 1. The zero-order valence-corrected chi connectivity index (χ0v) is 18.9. The van der Waals surface area contributed by atoms with Crippen molar-refractivity contribution in [2.45, 2.75) is 23.5 Å². The number of nitrogens with one attached hydrogen (secondary N) is 1. The predicted octanol–water partition coefficient (Wildman–Crippen LogP) is 3.63. The van der Waals surface area contributed by atoms with Crippen LogP contribution in [0, 0.1) is 5.82 Å². The largest absolute Gasteiger partial charge is 0.326 e. The predicted molar refractivity (Wildman–Crippen MR) is 117 cm³/mol. The molecule has 0 spiro atoms. The average Bonchev–Trinajstić information content (AvgIpc) is 2.97. The molecule has 0 bridgehead atoms. The standard InChI is InChI=1S/C19H17BrFN3O4S2/c1-2-24-18(26)16(11-17(25)22-14-7-5-13(21)6-8-14)29-19(24)23-30(27,28)15-9-3-12(20)4-10-15/h3-10,16H,2,11H2,1H3,(H,22,25)/t16-/m0/s1. The first-order valence-electron chi connectivity index (χ1n) is 8.83. The summed E-state index contributed by atoms with van der Waals surface area (Å²) in [5.74, 6) is -1.26. The normalized spacial score (nSPS) is 18.1. The van der Waals surface area contributed by atoms with Gasteiger partial charge in [-0.1, -0.05) is 27.7 Å². The molecule has 1 N–H and O–H groups in total. The van der Waals surface area contributed by atoms with E-state index >= 15 is 0 Å².